The van der Waals surface area contributed by atoms with E-state index in [2.05, 4.69) is 19.2 Å². The van der Waals surface area contributed by atoms with Gasteiger partial charge in [-0.15, -0.1) is 11.3 Å². The molecule has 1 saturated heterocycles. The molecule has 0 bridgehead atoms. The van der Waals surface area contributed by atoms with Gasteiger partial charge in [0.1, 0.15) is 17.4 Å². The van der Waals surface area contributed by atoms with Crippen molar-refractivity contribution in [3.8, 4) is 11.8 Å². The molecule has 4 rings (SSSR count). The minimum atomic E-state index is -0.387. The van der Waals surface area contributed by atoms with Gasteiger partial charge in [0.05, 0.1) is 24.2 Å². The maximum Gasteiger partial charge on any atom is 0.271 e. The normalized spacial score (nSPS) is 14.0. The molecule has 0 aliphatic carbocycles. The van der Waals surface area contributed by atoms with Gasteiger partial charge in [-0.25, -0.2) is 0 Å². The molecule has 1 amide bonds. The number of nitrogens with zero attached hydrogens (tertiary/aromatic N) is 4. The summed E-state index contributed by atoms with van der Waals surface area (Å²) in [6, 6.07) is 13.2. The Balaban J connectivity index is 1.70. The molecular weight excluding hydrogens is 460 g/mol. The lowest BCUT2D eigenvalue weighted by Gasteiger charge is -2.36. The molecule has 1 fully saturated rings. The average Bonchev–Trinajstić information content (AvgIpc) is 3.43. The first kappa shape index (κ1) is 24.0. The zero-order chi connectivity index (χ0) is 24.9. The number of anilines is 1. The van der Waals surface area contributed by atoms with Crippen LogP contribution in [0.15, 0.2) is 59.2 Å². The number of carbonyl (C=O) groups is 1. The Morgan fingerprint density at radius 1 is 1.20 bits per heavy atom. The highest BCUT2D eigenvalue weighted by molar-refractivity contribution is 7.12. The molecule has 3 aromatic rings. The SMILES string of the molecule is C=C/C=c1/c(N2CCN(C(=O)c3cccs3)CC2)c(C#N)c(=O)n(Cc2ccc(OC)cc2)c1=C. The van der Waals surface area contributed by atoms with Crippen molar-refractivity contribution < 1.29 is 9.53 Å². The van der Waals surface area contributed by atoms with Gasteiger partial charge >= 0.3 is 0 Å². The molecule has 35 heavy (non-hydrogen) atoms. The molecular formula is C27H26N4O3S. The van der Waals surface area contributed by atoms with Crippen molar-refractivity contribution in [2.24, 2.45) is 0 Å². The zero-order valence-corrected chi connectivity index (χ0v) is 20.4. The van der Waals surface area contributed by atoms with Crippen molar-refractivity contribution >= 4 is 35.6 Å². The molecule has 0 radical (unpaired) electrons. The van der Waals surface area contributed by atoms with E-state index in [0.717, 1.165) is 11.3 Å². The van der Waals surface area contributed by atoms with Crippen LogP contribution < -0.4 is 25.8 Å². The van der Waals surface area contributed by atoms with Gasteiger partial charge in [0.15, 0.2) is 0 Å². The number of benzene rings is 1. The number of thiophene rings is 1. The Morgan fingerprint density at radius 2 is 1.91 bits per heavy atom. The molecule has 0 spiro atoms. The summed E-state index contributed by atoms with van der Waals surface area (Å²) < 4.78 is 6.73. The van der Waals surface area contributed by atoms with E-state index in [0.29, 0.717) is 47.3 Å². The highest BCUT2D eigenvalue weighted by atomic mass is 32.1. The van der Waals surface area contributed by atoms with E-state index in [4.69, 9.17) is 4.74 Å². The smallest absolute Gasteiger partial charge is 0.271 e. The largest absolute Gasteiger partial charge is 0.497 e. The molecule has 178 valence electrons. The molecule has 1 aliphatic heterocycles. The lowest BCUT2D eigenvalue weighted by Crippen LogP contribution is -2.53. The van der Waals surface area contributed by atoms with Crippen LogP contribution in [-0.2, 0) is 6.54 Å². The van der Waals surface area contributed by atoms with Crippen molar-refractivity contribution in [1.29, 1.82) is 5.26 Å². The predicted octanol–water partition coefficient (Wildman–Crippen LogP) is 2.18. The Kier molecular flexibility index (Phi) is 7.18. The van der Waals surface area contributed by atoms with Crippen LogP contribution >= 0.6 is 11.3 Å². The van der Waals surface area contributed by atoms with Crippen molar-refractivity contribution in [2.75, 3.05) is 38.2 Å². The Labute approximate surface area is 207 Å². The van der Waals surface area contributed by atoms with E-state index in [-0.39, 0.29) is 23.6 Å². The summed E-state index contributed by atoms with van der Waals surface area (Å²) in [5.41, 5.74) is 1.12. The monoisotopic (exact) mass is 486 g/mol. The molecule has 2 aromatic heterocycles. The fraction of sp³-hybridized carbons (Fsp3) is 0.222. The summed E-state index contributed by atoms with van der Waals surface area (Å²) in [6.07, 6.45) is 3.42. The van der Waals surface area contributed by atoms with Crippen molar-refractivity contribution in [2.45, 2.75) is 6.54 Å². The Hall–Kier alpha value is -4.09. The number of pyridine rings is 1. The standard InChI is InChI=1S/C27H26N4O3S/c1-4-6-22-19(2)31(18-20-8-10-21(34-3)11-9-20)26(32)23(17-28)25(22)29-12-14-30(15-13-29)27(33)24-7-5-16-35-24/h4-11,16H,1-2,12-15,18H2,3H3/b22-6+. The molecule has 0 unspecified atom stereocenters. The van der Waals surface area contributed by atoms with Gasteiger partial charge in [0.2, 0.25) is 0 Å². The second-order valence-corrected chi connectivity index (χ2v) is 9.04. The number of aromatic nitrogens is 1. The average molecular weight is 487 g/mol. The molecule has 0 N–H and O–H groups in total. The van der Waals surface area contributed by atoms with Crippen LogP contribution in [0.3, 0.4) is 0 Å². The number of carbonyl (C=O) groups excluding carboxylic acids is 1. The number of nitriles is 1. The third-order valence-corrected chi connectivity index (χ3v) is 6.96. The number of methoxy groups -OCH3 is 1. The molecule has 7 nitrogen and oxygen atoms in total. The van der Waals surface area contributed by atoms with Crippen molar-refractivity contribution in [3.63, 3.8) is 0 Å². The zero-order valence-electron chi connectivity index (χ0n) is 19.6. The van der Waals surface area contributed by atoms with Crippen LogP contribution in [0.25, 0.3) is 12.7 Å². The van der Waals surface area contributed by atoms with E-state index < -0.39 is 0 Å². The quantitative estimate of drug-likeness (QED) is 0.534. The number of rotatable bonds is 6. The van der Waals surface area contributed by atoms with Crippen molar-refractivity contribution in [1.82, 2.24) is 9.47 Å². The van der Waals surface area contributed by atoms with Crippen LogP contribution in [0.1, 0.15) is 20.8 Å². The summed E-state index contributed by atoms with van der Waals surface area (Å²) in [7, 11) is 1.60. The topological polar surface area (TPSA) is 78.6 Å². The van der Waals surface area contributed by atoms with Crippen molar-refractivity contribution in [3.05, 3.63) is 91.4 Å². The summed E-state index contributed by atoms with van der Waals surface area (Å²) in [6.45, 7) is 10.3. The van der Waals surface area contributed by atoms with E-state index in [1.54, 1.807) is 24.2 Å². The molecule has 3 heterocycles. The molecule has 0 atom stereocenters. The third kappa shape index (κ3) is 4.77. The predicted molar refractivity (Wildman–Crippen MR) is 139 cm³/mol. The van der Waals surface area contributed by atoms with Gasteiger partial charge in [0, 0.05) is 36.7 Å². The first-order valence-electron chi connectivity index (χ1n) is 11.2. The molecule has 1 aromatic carbocycles. The van der Waals surface area contributed by atoms with Gasteiger partial charge in [-0.2, -0.15) is 5.26 Å². The summed E-state index contributed by atoms with van der Waals surface area (Å²) >= 11 is 1.42. The molecule has 1 aliphatic rings. The number of hydrogen-bond acceptors (Lipinski definition) is 6. The molecule has 8 heteroatoms. The summed E-state index contributed by atoms with van der Waals surface area (Å²) in [5, 5.41) is 13.1. The number of allylic oxidation sites excluding steroid dienone is 1. The highest BCUT2D eigenvalue weighted by Crippen LogP contribution is 2.18. The van der Waals surface area contributed by atoms with Gasteiger partial charge in [0.25, 0.3) is 11.5 Å². The van der Waals surface area contributed by atoms with E-state index in [1.807, 2.05) is 46.7 Å². The maximum absolute atomic E-state index is 13.4. The Bertz CT molecular complexity index is 1440. The van der Waals surface area contributed by atoms with E-state index in [9.17, 15) is 14.9 Å². The third-order valence-electron chi connectivity index (χ3n) is 6.10. The number of amides is 1. The number of ether oxygens (including phenoxy) is 1. The Morgan fingerprint density at radius 3 is 2.49 bits per heavy atom. The second kappa shape index (κ2) is 10.5. The fourth-order valence-electron chi connectivity index (χ4n) is 4.27. The summed E-state index contributed by atoms with van der Waals surface area (Å²) in [5.74, 6) is 0.729. The van der Waals surface area contributed by atoms with Gasteiger partial charge in [-0.05, 0) is 29.1 Å². The van der Waals surface area contributed by atoms with Gasteiger partial charge in [-0.3, -0.25) is 9.59 Å². The highest BCUT2D eigenvalue weighted by Gasteiger charge is 2.26. The van der Waals surface area contributed by atoms with Crippen LogP contribution in [0.2, 0.25) is 0 Å². The van der Waals surface area contributed by atoms with Gasteiger partial charge in [-0.1, -0.05) is 43.5 Å². The minimum absolute atomic E-state index is 0.00536. The number of piperazine rings is 1. The minimum Gasteiger partial charge on any atom is -0.497 e. The first-order chi connectivity index (χ1) is 17.0. The van der Waals surface area contributed by atoms with Crippen LogP contribution in [-0.4, -0.2) is 48.7 Å². The van der Waals surface area contributed by atoms with E-state index in [1.165, 1.54) is 15.9 Å². The second-order valence-electron chi connectivity index (χ2n) is 8.09. The summed E-state index contributed by atoms with van der Waals surface area (Å²) in [4.78, 5) is 30.7. The maximum atomic E-state index is 13.4. The van der Waals surface area contributed by atoms with Crippen LogP contribution in [0, 0.1) is 11.3 Å². The van der Waals surface area contributed by atoms with Crippen LogP contribution in [0.4, 0.5) is 5.69 Å². The van der Waals surface area contributed by atoms with E-state index >= 15 is 0 Å². The number of hydrogen-bond donors (Lipinski definition) is 0. The fourth-order valence-corrected chi connectivity index (χ4v) is 4.96. The lowest BCUT2D eigenvalue weighted by atomic mass is 10.1. The van der Waals surface area contributed by atoms with Gasteiger partial charge < -0.3 is 19.1 Å². The molecule has 0 saturated carbocycles. The first-order valence-corrected chi connectivity index (χ1v) is 12.1. The van der Waals surface area contributed by atoms with Crippen LogP contribution in [0.5, 0.6) is 5.75 Å². The lowest BCUT2D eigenvalue weighted by molar-refractivity contribution is 0.0751.